The number of hydrogen-bond acceptors (Lipinski definition) is 6. The molecule has 0 spiro atoms. The van der Waals surface area contributed by atoms with Crippen molar-refractivity contribution in [2.24, 2.45) is 0 Å². The number of aromatic nitrogens is 2. The molecule has 1 aliphatic rings. The maximum absolute atomic E-state index is 13.3. The third-order valence-electron chi connectivity index (χ3n) is 6.67. The molecular weight excluding hydrogens is 470 g/mol. The Labute approximate surface area is 215 Å². The molecule has 7 nitrogen and oxygen atoms in total. The summed E-state index contributed by atoms with van der Waals surface area (Å²) in [5, 5.41) is 5.23. The van der Waals surface area contributed by atoms with Gasteiger partial charge in [0.25, 0.3) is 5.91 Å². The summed E-state index contributed by atoms with van der Waals surface area (Å²) in [7, 11) is 0. The Bertz CT molecular complexity index is 1460. The first-order valence-corrected chi connectivity index (χ1v) is 13.1. The van der Waals surface area contributed by atoms with Gasteiger partial charge in [0.2, 0.25) is 11.9 Å². The summed E-state index contributed by atoms with van der Waals surface area (Å²) in [4.78, 5) is 38.8. The lowest BCUT2D eigenvalue weighted by molar-refractivity contribution is -0.128. The molecule has 0 unspecified atom stereocenters. The molecule has 0 aliphatic carbocycles. The SMILES string of the molecule is CC(=O)N1CCCN(C(=O)c2cc3c(ccc4cnc(Nc5cccc(C(C)(C)C)c5)nc43)s2)CC1. The molecule has 1 saturated heterocycles. The van der Waals surface area contributed by atoms with Crippen LogP contribution in [-0.4, -0.2) is 57.8 Å². The molecule has 186 valence electrons. The van der Waals surface area contributed by atoms with Crippen LogP contribution in [0.5, 0.6) is 0 Å². The van der Waals surface area contributed by atoms with E-state index >= 15 is 0 Å². The molecule has 5 rings (SSSR count). The van der Waals surface area contributed by atoms with Crippen LogP contribution >= 0.6 is 11.3 Å². The van der Waals surface area contributed by atoms with E-state index in [0.29, 0.717) is 37.0 Å². The fraction of sp³-hybridized carbons (Fsp3) is 0.357. The third-order valence-corrected chi connectivity index (χ3v) is 7.76. The van der Waals surface area contributed by atoms with Gasteiger partial charge < -0.3 is 15.1 Å². The highest BCUT2D eigenvalue weighted by atomic mass is 32.1. The molecule has 1 aliphatic heterocycles. The van der Waals surface area contributed by atoms with Crippen molar-refractivity contribution in [3.05, 3.63) is 59.1 Å². The summed E-state index contributed by atoms with van der Waals surface area (Å²) in [6.45, 7) is 10.6. The molecule has 0 radical (unpaired) electrons. The first kappa shape index (κ1) is 24.2. The highest BCUT2D eigenvalue weighted by molar-refractivity contribution is 7.21. The minimum Gasteiger partial charge on any atom is -0.341 e. The van der Waals surface area contributed by atoms with Gasteiger partial charge >= 0.3 is 0 Å². The number of carbonyl (C=O) groups excluding carboxylic acids is 2. The molecule has 4 aromatic rings. The van der Waals surface area contributed by atoms with Crippen LogP contribution in [0.25, 0.3) is 21.0 Å². The van der Waals surface area contributed by atoms with Gasteiger partial charge in [-0.25, -0.2) is 9.97 Å². The summed E-state index contributed by atoms with van der Waals surface area (Å²) >= 11 is 1.49. The number of nitrogens with zero attached hydrogens (tertiary/aromatic N) is 4. The zero-order valence-corrected chi connectivity index (χ0v) is 22.0. The second kappa shape index (κ2) is 9.50. The fourth-order valence-corrected chi connectivity index (χ4v) is 5.59. The highest BCUT2D eigenvalue weighted by Crippen LogP contribution is 2.33. The minimum absolute atomic E-state index is 0.0150. The summed E-state index contributed by atoms with van der Waals surface area (Å²) in [5.74, 6) is 0.602. The van der Waals surface area contributed by atoms with Gasteiger partial charge in [-0.05, 0) is 47.7 Å². The van der Waals surface area contributed by atoms with Gasteiger partial charge in [-0.15, -0.1) is 11.3 Å². The predicted molar refractivity (Wildman–Crippen MR) is 146 cm³/mol. The standard InChI is InChI=1S/C28H31N5O2S/c1-18(34)32-11-6-12-33(14-13-32)26(35)24-16-22-23(36-24)10-9-19-17-29-27(31-25(19)22)30-21-8-5-7-20(15-21)28(2,3)4/h5,7-10,15-17H,6,11-14H2,1-4H3,(H,29,30,31). The van der Waals surface area contributed by atoms with Crippen molar-refractivity contribution in [2.75, 3.05) is 31.5 Å². The zero-order valence-electron chi connectivity index (χ0n) is 21.2. The summed E-state index contributed by atoms with van der Waals surface area (Å²) < 4.78 is 1.02. The molecule has 36 heavy (non-hydrogen) atoms. The largest absolute Gasteiger partial charge is 0.341 e. The van der Waals surface area contributed by atoms with Gasteiger partial charge in [0.05, 0.1) is 10.4 Å². The smallest absolute Gasteiger partial charge is 0.264 e. The van der Waals surface area contributed by atoms with Gasteiger partial charge in [0.15, 0.2) is 0 Å². The van der Waals surface area contributed by atoms with Crippen LogP contribution in [0.1, 0.15) is 49.4 Å². The Morgan fingerprint density at radius 2 is 1.78 bits per heavy atom. The normalized spacial score (nSPS) is 14.8. The minimum atomic E-state index is 0.0150. The predicted octanol–water partition coefficient (Wildman–Crippen LogP) is 5.58. The summed E-state index contributed by atoms with van der Waals surface area (Å²) in [5.41, 5.74) is 3.05. The number of carbonyl (C=O) groups is 2. The Morgan fingerprint density at radius 3 is 2.56 bits per heavy atom. The molecular formula is C28H31N5O2S. The number of amides is 2. The molecule has 2 amide bonds. The quantitative estimate of drug-likeness (QED) is 0.397. The van der Waals surface area contributed by atoms with Crippen molar-refractivity contribution < 1.29 is 9.59 Å². The van der Waals surface area contributed by atoms with Crippen LogP contribution in [0.4, 0.5) is 11.6 Å². The molecule has 1 N–H and O–H groups in total. The second-order valence-electron chi connectivity index (χ2n) is 10.3. The van der Waals surface area contributed by atoms with E-state index in [1.165, 1.54) is 16.9 Å². The van der Waals surface area contributed by atoms with Crippen LogP contribution < -0.4 is 5.32 Å². The average Bonchev–Trinajstić information content (AvgIpc) is 3.13. The third kappa shape index (κ3) is 4.91. The van der Waals surface area contributed by atoms with Crippen LogP contribution in [-0.2, 0) is 10.2 Å². The maximum atomic E-state index is 13.3. The lowest BCUT2D eigenvalue weighted by Crippen LogP contribution is -2.36. The van der Waals surface area contributed by atoms with Crippen LogP contribution in [0, 0.1) is 0 Å². The molecule has 0 saturated carbocycles. The molecule has 2 aromatic heterocycles. The number of nitrogens with one attached hydrogen (secondary N) is 1. The lowest BCUT2D eigenvalue weighted by atomic mass is 9.87. The van der Waals surface area contributed by atoms with Crippen LogP contribution in [0.2, 0.25) is 0 Å². The fourth-order valence-electron chi connectivity index (χ4n) is 4.56. The van der Waals surface area contributed by atoms with E-state index in [-0.39, 0.29) is 17.2 Å². The van der Waals surface area contributed by atoms with E-state index in [4.69, 9.17) is 4.98 Å². The molecule has 2 aromatic carbocycles. The van der Waals surface area contributed by atoms with Crippen molar-refractivity contribution in [1.82, 2.24) is 19.8 Å². The maximum Gasteiger partial charge on any atom is 0.264 e. The average molecular weight is 502 g/mol. The Balaban J connectivity index is 1.43. The Morgan fingerprint density at radius 1 is 1.00 bits per heavy atom. The Hall–Kier alpha value is -3.52. The molecule has 3 heterocycles. The van der Waals surface area contributed by atoms with Gasteiger partial charge in [0.1, 0.15) is 0 Å². The molecule has 8 heteroatoms. The Kier molecular flexibility index (Phi) is 6.38. The first-order chi connectivity index (χ1) is 17.2. The van der Waals surface area contributed by atoms with E-state index in [1.807, 2.05) is 46.3 Å². The molecule has 1 fully saturated rings. The van der Waals surface area contributed by atoms with Gasteiger partial charge in [-0.2, -0.15) is 0 Å². The van der Waals surface area contributed by atoms with E-state index in [9.17, 15) is 9.59 Å². The van der Waals surface area contributed by atoms with E-state index in [2.05, 4.69) is 43.2 Å². The molecule has 0 atom stereocenters. The number of anilines is 2. The number of thiophene rings is 1. The van der Waals surface area contributed by atoms with Crippen LogP contribution in [0.3, 0.4) is 0 Å². The number of fused-ring (bicyclic) bond motifs is 3. The topological polar surface area (TPSA) is 78.4 Å². The first-order valence-electron chi connectivity index (χ1n) is 12.3. The lowest BCUT2D eigenvalue weighted by Gasteiger charge is -2.20. The van der Waals surface area contributed by atoms with Crippen molar-refractivity contribution in [3.63, 3.8) is 0 Å². The molecule has 0 bridgehead atoms. The van der Waals surface area contributed by atoms with Crippen molar-refractivity contribution in [1.29, 1.82) is 0 Å². The highest BCUT2D eigenvalue weighted by Gasteiger charge is 2.23. The number of hydrogen-bond donors (Lipinski definition) is 1. The van der Waals surface area contributed by atoms with Gasteiger partial charge in [-0.1, -0.05) is 32.9 Å². The van der Waals surface area contributed by atoms with E-state index in [1.54, 1.807) is 6.92 Å². The summed E-state index contributed by atoms with van der Waals surface area (Å²) in [6, 6.07) is 14.3. The summed E-state index contributed by atoms with van der Waals surface area (Å²) in [6.07, 6.45) is 2.61. The second-order valence-corrected chi connectivity index (χ2v) is 11.4. The van der Waals surface area contributed by atoms with Gasteiger partial charge in [0, 0.05) is 60.5 Å². The van der Waals surface area contributed by atoms with Crippen LogP contribution in [0.15, 0.2) is 48.7 Å². The zero-order chi connectivity index (χ0) is 25.4. The van der Waals surface area contributed by atoms with E-state index in [0.717, 1.165) is 33.1 Å². The van der Waals surface area contributed by atoms with Crippen molar-refractivity contribution in [3.8, 4) is 0 Å². The van der Waals surface area contributed by atoms with E-state index < -0.39 is 0 Å². The van der Waals surface area contributed by atoms with Gasteiger partial charge in [-0.3, -0.25) is 9.59 Å². The number of benzene rings is 2. The van der Waals surface area contributed by atoms with Crippen molar-refractivity contribution in [2.45, 2.75) is 39.5 Å². The van der Waals surface area contributed by atoms with Crippen molar-refractivity contribution >= 4 is 55.8 Å². The number of rotatable bonds is 3. The monoisotopic (exact) mass is 501 g/mol.